The van der Waals surface area contributed by atoms with Gasteiger partial charge in [-0.2, -0.15) is 0 Å². The smallest absolute Gasteiger partial charge is 0.0629 e. The van der Waals surface area contributed by atoms with Crippen molar-refractivity contribution in [3.63, 3.8) is 0 Å². The van der Waals surface area contributed by atoms with E-state index in [0.29, 0.717) is 6.61 Å². The van der Waals surface area contributed by atoms with Crippen molar-refractivity contribution in [3.8, 4) is 0 Å². The van der Waals surface area contributed by atoms with Gasteiger partial charge < -0.3 is 20.1 Å². The summed E-state index contributed by atoms with van der Waals surface area (Å²) in [7, 11) is 0. The first-order valence-corrected chi connectivity index (χ1v) is 12.8. The molecule has 0 heterocycles. The second kappa shape index (κ2) is 19.1. The minimum Gasteiger partial charge on any atom is -0.396 e. The normalized spacial score (nSPS) is 14.9. The lowest BCUT2D eigenvalue weighted by Gasteiger charge is -2.26. The molecule has 31 heavy (non-hydrogen) atoms. The van der Waals surface area contributed by atoms with Crippen LogP contribution in [0.4, 0.5) is 0 Å². The van der Waals surface area contributed by atoms with Gasteiger partial charge in [-0.3, -0.25) is 0 Å². The minimum atomic E-state index is -0.922. The van der Waals surface area contributed by atoms with Crippen LogP contribution in [0.2, 0.25) is 0 Å². The molecule has 0 fully saturated rings. The summed E-state index contributed by atoms with van der Waals surface area (Å²) in [6, 6.07) is 0. The van der Waals surface area contributed by atoms with E-state index in [1.807, 2.05) is 0 Å². The molecule has 0 radical (unpaired) electrons. The van der Waals surface area contributed by atoms with Crippen LogP contribution in [-0.2, 0) is 4.74 Å². The second-order valence-corrected chi connectivity index (χ2v) is 10.6. The Labute approximate surface area is 193 Å². The van der Waals surface area contributed by atoms with Crippen molar-refractivity contribution < 1.29 is 20.1 Å². The zero-order chi connectivity index (χ0) is 23.5. The minimum absolute atomic E-state index is 0.188. The molecule has 0 saturated carbocycles. The Morgan fingerprint density at radius 3 is 1.81 bits per heavy atom. The molecule has 0 saturated heterocycles. The van der Waals surface area contributed by atoms with Crippen LogP contribution in [-0.4, -0.2) is 48.4 Å². The third-order valence-corrected chi connectivity index (χ3v) is 6.54. The van der Waals surface area contributed by atoms with Gasteiger partial charge in [-0.25, -0.2) is 0 Å². The molecule has 0 aliphatic carbocycles. The molecule has 0 bridgehead atoms. The van der Waals surface area contributed by atoms with Crippen LogP contribution in [0.5, 0.6) is 0 Å². The second-order valence-electron chi connectivity index (χ2n) is 10.6. The monoisotopic (exact) mass is 442 g/mol. The molecule has 0 aromatic carbocycles. The molecular weight excluding hydrogens is 388 g/mol. The lowest BCUT2D eigenvalue weighted by atomic mass is 9.91. The highest BCUT2D eigenvalue weighted by Gasteiger charge is 2.28. The summed E-state index contributed by atoms with van der Waals surface area (Å²) in [5.41, 5.74) is 0.537. The highest BCUT2D eigenvalue weighted by atomic mass is 16.5. The Morgan fingerprint density at radius 2 is 1.29 bits per heavy atom. The van der Waals surface area contributed by atoms with Gasteiger partial charge in [0.05, 0.1) is 31.8 Å². The van der Waals surface area contributed by atoms with Gasteiger partial charge in [0, 0.05) is 6.61 Å². The van der Waals surface area contributed by atoms with Gasteiger partial charge in [-0.15, -0.1) is 0 Å². The third kappa shape index (κ3) is 16.8. The van der Waals surface area contributed by atoms with Crippen LogP contribution in [0.3, 0.4) is 0 Å². The van der Waals surface area contributed by atoms with Gasteiger partial charge in [0.15, 0.2) is 0 Å². The van der Waals surface area contributed by atoms with Crippen molar-refractivity contribution in [2.45, 2.75) is 105 Å². The molecule has 4 heteroatoms. The van der Waals surface area contributed by atoms with E-state index in [2.05, 4.69) is 40.7 Å². The summed E-state index contributed by atoms with van der Waals surface area (Å²) >= 11 is 0. The molecular formula is C27H54O4. The van der Waals surface area contributed by atoms with E-state index in [-0.39, 0.29) is 26.4 Å². The number of rotatable bonds is 21. The number of aliphatic hydroxyl groups excluding tert-OH is 3. The van der Waals surface area contributed by atoms with Gasteiger partial charge >= 0.3 is 0 Å². The van der Waals surface area contributed by atoms with Crippen molar-refractivity contribution in [2.24, 2.45) is 23.2 Å². The van der Waals surface area contributed by atoms with E-state index in [4.69, 9.17) is 4.74 Å². The Balaban J connectivity index is 3.74. The topological polar surface area (TPSA) is 69.9 Å². The number of unbranched alkanes of at least 4 members (excludes halogenated alkanes) is 1. The fraction of sp³-hybridized carbons (Fsp3) is 0.926. The Kier molecular flexibility index (Phi) is 18.8. The molecule has 186 valence electrons. The molecule has 2 atom stereocenters. The average Bonchev–Trinajstić information content (AvgIpc) is 2.73. The summed E-state index contributed by atoms with van der Waals surface area (Å²) < 4.78 is 5.54. The van der Waals surface area contributed by atoms with Crippen LogP contribution < -0.4 is 0 Å². The Hall–Kier alpha value is -0.420. The van der Waals surface area contributed by atoms with Crippen molar-refractivity contribution >= 4 is 0 Å². The van der Waals surface area contributed by atoms with Crippen LogP contribution in [0, 0.1) is 23.2 Å². The van der Waals surface area contributed by atoms with Crippen LogP contribution in [0.25, 0.3) is 0 Å². The fourth-order valence-corrected chi connectivity index (χ4v) is 3.92. The van der Waals surface area contributed by atoms with E-state index in [9.17, 15) is 15.3 Å². The summed E-state index contributed by atoms with van der Waals surface area (Å²) in [6.45, 7) is 11.7. The Bertz CT molecular complexity index is 421. The fourth-order valence-electron chi connectivity index (χ4n) is 3.92. The Morgan fingerprint density at radius 1 is 0.774 bits per heavy atom. The molecule has 0 aromatic heterocycles. The summed E-state index contributed by atoms with van der Waals surface area (Å²) in [4.78, 5) is 0. The average molecular weight is 443 g/mol. The van der Waals surface area contributed by atoms with Crippen molar-refractivity contribution in [1.82, 2.24) is 0 Å². The van der Waals surface area contributed by atoms with Crippen molar-refractivity contribution in [1.29, 1.82) is 0 Å². The standard InChI is InChI=1S/C27H54O4/c1-23(2)11-8-13-25(4)15-10-17-26(5)16-9-14-24(3)12-6-7-18-31-22-27(19-28,20-29)21-30/h12,23,25-26,28-30H,6-11,13-22H2,1-5H3/b24-12+. The molecule has 0 spiro atoms. The van der Waals surface area contributed by atoms with Gasteiger partial charge in [0.1, 0.15) is 0 Å². The molecule has 0 aromatic rings. The summed E-state index contributed by atoms with van der Waals surface area (Å²) in [6.07, 6.45) is 16.3. The highest BCUT2D eigenvalue weighted by Crippen LogP contribution is 2.22. The molecule has 4 nitrogen and oxygen atoms in total. The molecule has 0 amide bonds. The van der Waals surface area contributed by atoms with E-state index in [1.54, 1.807) is 0 Å². The van der Waals surface area contributed by atoms with Crippen LogP contribution in [0.15, 0.2) is 11.6 Å². The third-order valence-electron chi connectivity index (χ3n) is 6.54. The first-order chi connectivity index (χ1) is 14.8. The van der Waals surface area contributed by atoms with Gasteiger partial charge in [-0.1, -0.05) is 84.3 Å². The number of ether oxygens (including phenoxy) is 1. The van der Waals surface area contributed by atoms with Crippen molar-refractivity contribution in [2.75, 3.05) is 33.0 Å². The van der Waals surface area contributed by atoms with Crippen molar-refractivity contribution in [3.05, 3.63) is 11.6 Å². The zero-order valence-corrected chi connectivity index (χ0v) is 21.4. The quantitative estimate of drug-likeness (QED) is 0.148. The molecule has 0 aliphatic rings. The van der Waals surface area contributed by atoms with Crippen LogP contribution in [0.1, 0.15) is 105 Å². The summed E-state index contributed by atoms with van der Waals surface area (Å²) in [5, 5.41) is 27.9. The molecule has 3 N–H and O–H groups in total. The lowest BCUT2D eigenvalue weighted by Crippen LogP contribution is -2.38. The maximum Gasteiger partial charge on any atom is 0.0629 e. The van der Waals surface area contributed by atoms with Gasteiger partial charge in [0.25, 0.3) is 0 Å². The maximum absolute atomic E-state index is 9.28. The maximum atomic E-state index is 9.28. The highest BCUT2D eigenvalue weighted by molar-refractivity contribution is 4.97. The lowest BCUT2D eigenvalue weighted by molar-refractivity contribution is -0.0579. The molecule has 2 unspecified atom stereocenters. The first kappa shape index (κ1) is 30.6. The van der Waals surface area contributed by atoms with Gasteiger partial charge in [0.2, 0.25) is 0 Å². The summed E-state index contributed by atoms with van der Waals surface area (Å²) in [5.74, 6) is 2.55. The van der Waals surface area contributed by atoms with E-state index in [1.165, 1.54) is 63.4 Å². The molecule has 0 rings (SSSR count). The first-order valence-electron chi connectivity index (χ1n) is 12.8. The molecule has 0 aliphatic heterocycles. The predicted molar refractivity (Wildman–Crippen MR) is 132 cm³/mol. The van der Waals surface area contributed by atoms with E-state index >= 15 is 0 Å². The SMILES string of the molecule is C/C(=C\CCCOCC(CO)(CO)CO)CCCC(C)CCCC(C)CCCC(C)C. The number of aliphatic hydroxyl groups is 3. The van der Waals surface area contributed by atoms with E-state index < -0.39 is 5.41 Å². The van der Waals surface area contributed by atoms with Gasteiger partial charge in [-0.05, 0) is 50.4 Å². The zero-order valence-electron chi connectivity index (χ0n) is 21.4. The number of hydrogen-bond acceptors (Lipinski definition) is 4. The number of allylic oxidation sites excluding steroid dienone is 2. The van der Waals surface area contributed by atoms with Crippen LogP contribution >= 0.6 is 0 Å². The largest absolute Gasteiger partial charge is 0.396 e. The predicted octanol–water partition coefficient (Wildman–Crippen LogP) is 6.13. The number of hydrogen-bond donors (Lipinski definition) is 3. The van der Waals surface area contributed by atoms with E-state index in [0.717, 1.165) is 30.6 Å².